The summed E-state index contributed by atoms with van der Waals surface area (Å²) in [5.41, 5.74) is 2.86. The first-order valence-electron chi connectivity index (χ1n) is 6.81. The maximum atomic E-state index is 11.4. The average Bonchev–Trinajstić information content (AvgIpc) is 2.84. The summed E-state index contributed by atoms with van der Waals surface area (Å²) in [6, 6.07) is 5.15. The Morgan fingerprint density at radius 3 is 2.95 bits per heavy atom. The predicted molar refractivity (Wildman–Crippen MR) is 76.3 cm³/mol. The molecule has 2 heterocycles. The number of methoxy groups -OCH3 is 1. The Kier molecular flexibility index (Phi) is 3.14. The number of rotatable bonds is 3. The van der Waals surface area contributed by atoms with E-state index in [4.69, 9.17) is 4.74 Å². The molecule has 5 heteroatoms. The van der Waals surface area contributed by atoms with Gasteiger partial charge in [0, 0.05) is 23.1 Å². The van der Waals surface area contributed by atoms with Crippen molar-refractivity contribution in [1.82, 2.24) is 10.3 Å². The molecule has 2 atom stereocenters. The highest BCUT2D eigenvalue weighted by Gasteiger charge is 2.33. The van der Waals surface area contributed by atoms with Crippen LogP contribution in [0.15, 0.2) is 18.2 Å². The van der Waals surface area contributed by atoms with Gasteiger partial charge in [0.1, 0.15) is 11.8 Å². The summed E-state index contributed by atoms with van der Waals surface area (Å²) in [6.07, 6.45) is 0.969. The molecule has 0 aliphatic carbocycles. The number of hydrogen-bond acceptors (Lipinski definition) is 3. The zero-order valence-corrected chi connectivity index (χ0v) is 11.6. The largest absolute Gasteiger partial charge is 0.497 e. The van der Waals surface area contributed by atoms with E-state index in [-0.39, 0.29) is 0 Å². The molecule has 1 aromatic carbocycles. The minimum Gasteiger partial charge on any atom is -0.497 e. The van der Waals surface area contributed by atoms with E-state index in [0.717, 1.165) is 34.3 Å². The fourth-order valence-electron chi connectivity index (χ4n) is 3.03. The molecule has 20 heavy (non-hydrogen) atoms. The lowest BCUT2D eigenvalue weighted by atomic mass is 9.88. The summed E-state index contributed by atoms with van der Waals surface area (Å²) in [7, 11) is 1.64. The van der Waals surface area contributed by atoms with Crippen molar-refractivity contribution < 1.29 is 14.6 Å². The van der Waals surface area contributed by atoms with Gasteiger partial charge in [0.15, 0.2) is 0 Å². The van der Waals surface area contributed by atoms with Gasteiger partial charge in [-0.05, 0) is 36.1 Å². The Morgan fingerprint density at radius 2 is 2.30 bits per heavy atom. The summed E-state index contributed by atoms with van der Waals surface area (Å²) in [5.74, 6) is 0.264. The molecule has 106 valence electrons. The van der Waals surface area contributed by atoms with Gasteiger partial charge >= 0.3 is 5.97 Å². The average molecular weight is 274 g/mol. The second-order valence-corrected chi connectivity index (χ2v) is 5.15. The van der Waals surface area contributed by atoms with Gasteiger partial charge in [-0.3, -0.25) is 10.1 Å². The minimum atomic E-state index is -0.848. The first-order valence-corrected chi connectivity index (χ1v) is 6.81. The number of hydrogen-bond donors (Lipinski definition) is 3. The number of aliphatic carboxylic acids is 1. The highest BCUT2D eigenvalue weighted by atomic mass is 16.5. The van der Waals surface area contributed by atoms with Gasteiger partial charge in [0.05, 0.1) is 7.11 Å². The molecule has 0 fully saturated rings. The number of H-pyrrole nitrogens is 1. The normalized spacial score (nSPS) is 21.7. The van der Waals surface area contributed by atoms with Crippen molar-refractivity contribution in [2.24, 2.45) is 0 Å². The number of benzene rings is 1. The number of ether oxygens (including phenoxy) is 1. The number of fused-ring (bicyclic) bond motifs is 3. The molecule has 1 aliphatic heterocycles. The van der Waals surface area contributed by atoms with E-state index in [1.165, 1.54) is 0 Å². The molecule has 3 N–H and O–H groups in total. The summed E-state index contributed by atoms with van der Waals surface area (Å²) < 4.78 is 5.28. The highest BCUT2D eigenvalue weighted by Crippen LogP contribution is 2.38. The van der Waals surface area contributed by atoms with Crippen LogP contribution < -0.4 is 10.1 Å². The molecular formula is C15H18N2O3. The van der Waals surface area contributed by atoms with Gasteiger partial charge in [-0.2, -0.15) is 0 Å². The number of nitrogens with one attached hydrogen (secondary N) is 2. The van der Waals surface area contributed by atoms with E-state index in [2.05, 4.69) is 17.2 Å². The molecular weight excluding hydrogens is 256 g/mol. The SMILES string of the molecule is CCC1CNC(C(=O)O)c2[nH]c3ccc(OC)cc3c21. The van der Waals surface area contributed by atoms with Gasteiger partial charge in [-0.25, -0.2) is 0 Å². The van der Waals surface area contributed by atoms with Crippen molar-refractivity contribution in [1.29, 1.82) is 0 Å². The van der Waals surface area contributed by atoms with E-state index in [9.17, 15) is 9.90 Å². The number of aromatic amines is 1. The van der Waals surface area contributed by atoms with Crippen molar-refractivity contribution >= 4 is 16.9 Å². The quantitative estimate of drug-likeness (QED) is 0.803. The van der Waals surface area contributed by atoms with Crippen LogP contribution in [0.5, 0.6) is 5.75 Å². The van der Waals surface area contributed by atoms with E-state index in [0.29, 0.717) is 12.5 Å². The molecule has 1 aromatic heterocycles. The Morgan fingerprint density at radius 1 is 1.50 bits per heavy atom. The maximum Gasteiger partial charge on any atom is 0.326 e. The third kappa shape index (κ3) is 1.86. The zero-order valence-electron chi connectivity index (χ0n) is 11.6. The van der Waals surface area contributed by atoms with Crippen molar-refractivity contribution in [3.63, 3.8) is 0 Å². The molecule has 3 rings (SSSR count). The van der Waals surface area contributed by atoms with Crippen LogP contribution in [-0.4, -0.2) is 29.7 Å². The maximum absolute atomic E-state index is 11.4. The molecule has 0 bridgehead atoms. The van der Waals surface area contributed by atoms with Crippen molar-refractivity contribution in [2.75, 3.05) is 13.7 Å². The smallest absolute Gasteiger partial charge is 0.326 e. The van der Waals surface area contributed by atoms with Crippen LogP contribution >= 0.6 is 0 Å². The number of aromatic nitrogens is 1. The van der Waals surface area contributed by atoms with Crippen LogP contribution in [-0.2, 0) is 4.79 Å². The fourth-order valence-corrected chi connectivity index (χ4v) is 3.03. The second kappa shape index (κ2) is 4.83. The van der Waals surface area contributed by atoms with Crippen LogP contribution in [0.3, 0.4) is 0 Å². The topological polar surface area (TPSA) is 74.4 Å². The predicted octanol–water partition coefficient (Wildman–Crippen LogP) is 2.40. The number of carbonyl (C=O) groups is 1. The van der Waals surface area contributed by atoms with Crippen LogP contribution in [0.1, 0.15) is 36.6 Å². The van der Waals surface area contributed by atoms with Crippen LogP contribution in [0.4, 0.5) is 0 Å². The summed E-state index contributed by atoms with van der Waals surface area (Å²) in [5, 5.41) is 13.5. The number of carboxylic acid groups (broad SMARTS) is 1. The van der Waals surface area contributed by atoms with E-state index in [1.807, 2.05) is 18.2 Å². The highest BCUT2D eigenvalue weighted by molar-refractivity contribution is 5.89. The Bertz CT molecular complexity index is 662. The van der Waals surface area contributed by atoms with E-state index in [1.54, 1.807) is 7.11 Å². The summed E-state index contributed by atoms with van der Waals surface area (Å²) in [6.45, 7) is 2.81. The Labute approximate surface area is 116 Å². The van der Waals surface area contributed by atoms with Gasteiger partial charge < -0.3 is 14.8 Å². The number of carboxylic acids is 1. The van der Waals surface area contributed by atoms with Crippen LogP contribution in [0.2, 0.25) is 0 Å². The van der Waals surface area contributed by atoms with E-state index >= 15 is 0 Å². The Hall–Kier alpha value is -2.01. The first kappa shape index (κ1) is 13.0. The van der Waals surface area contributed by atoms with Crippen LogP contribution in [0, 0.1) is 0 Å². The molecule has 0 spiro atoms. The van der Waals surface area contributed by atoms with Gasteiger partial charge in [-0.15, -0.1) is 0 Å². The second-order valence-electron chi connectivity index (χ2n) is 5.15. The lowest BCUT2D eigenvalue weighted by Gasteiger charge is -2.27. The first-order chi connectivity index (χ1) is 9.65. The van der Waals surface area contributed by atoms with Gasteiger partial charge in [-0.1, -0.05) is 6.92 Å². The van der Waals surface area contributed by atoms with Crippen molar-refractivity contribution in [3.05, 3.63) is 29.5 Å². The van der Waals surface area contributed by atoms with Crippen LogP contribution in [0.25, 0.3) is 10.9 Å². The third-order valence-electron chi connectivity index (χ3n) is 4.08. The molecule has 0 radical (unpaired) electrons. The molecule has 0 saturated heterocycles. The zero-order chi connectivity index (χ0) is 14.3. The molecule has 5 nitrogen and oxygen atoms in total. The molecule has 2 unspecified atom stereocenters. The third-order valence-corrected chi connectivity index (χ3v) is 4.08. The molecule has 1 aliphatic rings. The lowest BCUT2D eigenvalue weighted by molar-refractivity contribution is -0.140. The van der Waals surface area contributed by atoms with E-state index < -0.39 is 12.0 Å². The molecule has 2 aromatic rings. The molecule has 0 amide bonds. The van der Waals surface area contributed by atoms with Gasteiger partial charge in [0.25, 0.3) is 0 Å². The monoisotopic (exact) mass is 274 g/mol. The molecule has 0 saturated carbocycles. The van der Waals surface area contributed by atoms with Gasteiger partial charge in [0.2, 0.25) is 0 Å². The minimum absolute atomic E-state index is 0.321. The standard InChI is InChI=1S/C15H18N2O3/c1-3-8-7-16-14(15(18)19)13-12(8)10-6-9(20-2)4-5-11(10)17-13/h4-6,8,14,16-17H,3,7H2,1-2H3,(H,18,19). The summed E-state index contributed by atoms with van der Waals surface area (Å²) >= 11 is 0. The summed E-state index contributed by atoms with van der Waals surface area (Å²) in [4.78, 5) is 14.7. The van der Waals surface area contributed by atoms with Crippen molar-refractivity contribution in [3.8, 4) is 5.75 Å². The Balaban J connectivity index is 2.24. The lowest BCUT2D eigenvalue weighted by Crippen LogP contribution is -2.37. The fraction of sp³-hybridized carbons (Fsp3) is 0.400. The van der Waals surface area contributed by atoms with Crippen molar-refractivity contribution in [2.45, 2.75) is 25.3 Å².